The average molecular weight is 218 g/mol. The van der Waals surface area contributed by atoms with E-state index in [9.17, 15) is 0 Å². The van der Waals surface area contributed by atoms with Crippen LogP contribution in [0.2, 0.25) is 0 Å². The third-order valence-corrected chi connectivity index (χ3v) is 4.04. The Kier molecular flexibility index (Phi) is 1.69. The molecule has 0 unspecified atom stereocenters. The average Bonchev–Trinajstić information content (AvgIpc) is 2.37. The molecule has 0 heteroatoms. The minimum atomic E-state index is 1.19. The molecule has 1 aliphatic rings. The molecule has 0 saturated carbocycles. The van der Waals surface area contributed by atoms with E-state index in [-0.39, 0.29) is 0 Å². The quantitative estimate of drug-likeness (QED) is 0.491. The van der Waals surface area contributed by atoms with E-state index < -0.39 is 0 Å². The second-order valence-corrected chi connectivity index (χ2v) is 5.05. The van der Waals surface area contributed by atoms with E-state index in [2.05, 4.69) is 49.4 Å². The molecule has 0 bridgehead atoms. The van der Waals surface area contributed by atoms with Crippen molar-refractivity contribution < 1.29 is 0 Å². The fraction of sp³-hybridized carbons (Fsp3) is 0.176. The van der Waals surface area contributed by atoms with Crippen molar-refractivity contribution in [3.8, 4) is 0 Å². The fourth-order valence-corrected chi connectivity index (χ4v) is 3.27. The van der Waals surface area contributed by atoms with E-state index in [1.807, 2.05) is 0 Å². The molecule has 0 amide bonds. The molecule has 4 rings (SSSR count). The molecule has 0 atom stereocenters. The van der Waals surface area contributed by atoms with Crippen molar-refractivity contribution in [1.82, 2.24) is 0 Å². The van der Waals surface area contributed by atoms with Gasteiger partial charge in [0.2, 0.25) is 0 Å². The summed E-state index contributed by atoms with van der Waals surface area (Å²) >= 11 is 0. The SMILES string of the molecule is Cc1cc2cccc3c2c2c(cccc12)CC3. The molecule has 0 N–H and O–H groups in total. The van der Waals surface area contributed by atoms with Crippen molar-refractivity contribution in [1.29, 1.82) is 0 Å². The summed E-state index contributed by atoms with van der Waals surface area (Å²) in [5, 5.41) is 5.83. The van der Waals surface area contributed by atoms with Gasteiger partial charge in [0.05, 0.1) is 0 Å². The maximum Gasteiger partial charge on any atom is -0.00678 e. The lowest BCUT2D eigenvalue weighted by atomic mass is 9.85. The van der Waals surface area contributed by atoms with E-state index in [4.69, 9.17) is 0 Å². The van der Waals surface area contributed by atoms with E-state index in [1.54, 1.807) is 0 Å². The molecular formula is C17H14. The second kappa shape index (κ2) is 3.10. The lowest BCUT2D eigenvalue weighted by molar-refractivity contribution is 0.968. The zero-order chi connectivity index (χ0) is 11.4. The topological polar surface area (TPSA) is 0 Å². The Balaban J connectivity index is 2.41. The van der Waals surface area contributed by atoms with Gasteiger partial charge in [0.15, 0.2) is 0 Å². The van der Waals surface area contributed by atoms with Gasteiger partial charge in [-0.2, -0.15) is 0 Å². The summed E-state index contributed by atoms with van der Waals surface area (Å²) < 4.78 is 0. The van der Waals surface area contributed by atoms with Crippen LogP contribution >= 0.6 is 0 Å². The Bertz CT molecular complexity index is 751. The van der Waals surface area contributed by atoms with Crippen LogP contribution in [-0.2, 0) is 12.8 Å². The van der Waals surface area contributed by atoms with Crippen molar-refractivity contribution in [2.75, 3.05) is 0 Å². The third-order valence-electron chi connectivity index (χ3n) is 4.04. The number of hydrogen-bond acceptors (Lipinski definition) is 0. The number of aryl methyl sites for hydroxylation is 3. The van der Waals surface area contributed by atoms with Gasteiger partial charge in [0.25, 0.3) is 0 Å². The van der Waals surface area contributed by atoms with Crippen molar-refractivity contribution in [3.05, 3.63) is 59.2 Å². The highest BCUT2D eigenvalue weighted by atomic mass is 14.2. The van der Waals surface area contributed by atoms with Gasteiger partial charge in [-0.25, -0.2) is 0 Å². The Morgan fingerprint density at radius 2 is 1.53 bits per heavy atom. The first-order valence-electron chi connectivity index (χ1n) is 6.27. The summed E-state index contributed by atoms with van der Waals surface area (Å²) in [6.07, 6.45) is 2.37. The van der Waals surface area contributed by atoms with Gasteiger partial charge in [-0.1, -0.05) is 42.5 Å². The van der Waals surface area contributed by atoms with E-state index >= 15 is 0 Å². The third kappa shape index (κ3) is 1.13. The summed E-state index contributed by atoms with van der Waals surface area (Å²) in [5.41, 5.74) is 4.44. The van der Waals surface area contributed by atoms with E-state index in [1.165, 1.54) is 51.1 Å². The van der Waals surface area contributed by atoms with Crippen LogP contribution in [0.5, 0.6) is 0 Å². The van der Waals surface area contributed by atoms with Gasteiger partial charge in [0.1, 0.15) is 0 Å². The molecule has 0 radical (unpaired) electrons. The normalized spacial score (nSPS) is 13.7. The summed E-state index contributed by atoms with van der Waals surface area (Å²) in [6, 6.07) is 15.8. The van der Waals surface area contributed by atoms with Crippen molar-refractivity contribution >= 4 is 21.5 Å². The second-order valence-electron chi connectivity index (χ2n) is 5.05. The number of benzene rings is 3. The highest BCUT2D eigenvalue weighted by molar-refractivity contribution is 6.12. The minimum Gasteiger partial charge on any atom is -0.0614 e. The van der Waals surface area contributed by atoms with Gasteiger partial charge in [-0.15, -0.1) is 0 Å². The molecule has 0 fully saturated rings. The lowest BCUT2D eigenvalue weighted by Crippen LogP contribution is -2.01. The van der Waals surface area contributed by atoms with Gasteiger partial charge < -0.3 is 0 Å². The highest BCUT2D eigenvalue weighted by Crippen LogP contribution is 2.37. The molecule has 0 aliphatic heterocycles. The van der Waals surface area contributed by atoms with Crippen LogP contribution in [0.3, 0.4) is 0 Å². The summed E-state index contributed by atoms with van der Waals surface area (Å²) in [4.78, 5) is 0. The molecule has 0 nitrogen and oxygen atoms in total. The van der Waals surface area contributed by atoms with Crippen LogP contribution in [0.4, 0.5) is 0 Å². The van der Waals surface area contributed by atoms with Crippen LogP contribution in [0.1, 0.15) is 16.7 Å². The monoisotopic (exact) mass is 218 g/mol. The lowest BCUT2D eigenvalue weighted by Gasteiger charge is -2.19. The maximum absolute atomic E-state index is 2.33. The Hall–Kier alpha value is -1.82. The summed E-state index contributed by atoms with van der Waals surface area (Å²) in [6.45, 7) is 2.22. The minimum absolute atomic E-state index is 1.19. The zero-order valence-corrected chi connectivity index (χ0v) is 9.96. The molecule has 0 heterocycles. The first-order chi connectivity index (χ1) is 8.34. The molecule has 3 aromatic carbocycles. The van der Waals surface area contributed by atoms with Crippen molar-refractivity contribution in [3.63, 3.8) is 0 Å². The molecule has 1 aliphatic carbocycles. The molecule has 82 valence electrons. The van der Waals surface area contributed by atoms with Crippen LogP contribution in [0.15, 0.2) is 42.5 Å². The smallest absolute Gasteiger partial charge is 0.00678 e. The summed E-state index contributed by atoms with van der Waals surface area (Å²) in [7, 11) is 0. The molecule has 0 spiro atoms. The van der Waals surface area contributed by atoms with Gasteiger partial charge in [0, 0.05) is 0 Å². The maximum atomic E-state index is 2.33. The van der Waals surface area contributed by atoms with Gasteiger partial charge >= 0.3 is 0 Å². The van der Waals surface area contributed by atoms with Crippen molar-refractivity contribution in [2.45, 2.75) is 19.8 Å². The van der Waals surface area contributed by atoms with Crippen LogP contribution in [-0.4, -0.2) is 0 Å². The molecule has 0 aromatic heterocycles. The van der Waals surface area contributed by atoms with Gasteiger partial charge in [-0.3, -0.25) is 0 Å². The molecule has 0 saturated heterocycles. The predicted octanol–water partition coefficient (Wildman–Crippen LogP) is 4.40. The first-order valence-corrected chi connectivity index (χ1v) is 6.27. The molecule has 3 aromatic rings. The van der Waals surface area contributed by atoms with E-state index in [0.29, 0.717) is 0 Å². The zero-order valence-electron chi connectivity index (χ0n) is 9.96. The van der Waals surface area contributed by atoms with E-state index in [0.717, 1.165) is 0 Å². The number of hydrogen-bond donors (Lipinski definition) is 0. The first kappa shape index (κ1) is 9.23. The fourth-order valence-electron chi connectivity index (χ4n) is 3.27. The molecular weight excluding hydrogens is 204 g/mol. The number of rotatable bonds is 0. The van der Waals surface area contributed by atoms with Crippen molar-refractivity contribution in [2.24, 2.45) is 0 Å². The van der Waals surface area contributed by atoms with Gasteiger partial charge in [-0.05, 0) is 58.0 Å². The van der Waals surface area contributed by atoms with Crippen LogP contribution < -0.4 is 0 Å². The molecule has 17 heavy (non-hydrogen) atoms. The predicted molar refractivity (Wildman–Crippen MR) is 73.6 cm³/mol. The summed E-state index contributed by atoms with van der Waals surface area (Å²) in [5.74, 6) is 0. The Labute approximate surface area is 101 Å². The van der Waals surface area contributed by atoms with Crippen LogP contribution in [0.25, 0.3) is 21.5 Å². The Morgan fingerprint density at radius 1 is 0.824 bits per heavy atom. The highest BCUT2D eigenvalue weighted by Gasteiger charge is 2.15. The largest absolute Gasteiger partial charge is 0.0614 e. The standard InChI is InChI=1S/C17H14/c1-11-10-14-6-2-4-12-8-9-13-5-3-7-15(11)17(13)16(12)14/h2-7,10H,8-9H2,1H3. The van der Waals surface area contributed by atoms with Crippen LogP contribution in [0, 0.1) is 6.92 Å². The Morgan fingerprint density at radius 3 is 2.35 bits per heavy atom.